The van der Waals surface area contributed by atoms with Crippen LogP contribution in [0.5, 0.6) is 0 Å². The number of pyridine rings is 1. The maximum absolute atomic E-state index is 13.6. The van der Waals surface area contributed by atoms with Crippen molar-refractivity contribution in [2.24, 2.45) is 0 Å². The first kappa shape index (κ1) is 42.2. The Labute approximate surface area is 382 Å². The van der Waals surface area contributed by atoms with Crippen molar-refractivity contribution >= 4 is 51.8 Å². The maximum Gasteiger partial charge on any atom is 0.278 e. The number of allylic oxidation sites excluding steroid dienone is 1. The van der Waals surface area contributed by atoms with Crippen molar-refractivity contribution in [3.63, 3.8) is 0 Å². The van der Waals surface area contributed by atoms with E-state index >= 15 is 0 Å². The van der Waals surface area contributed by atoms with E-state index in [0.717, 1.165) is 81.3 Å². The number of rotatable bonds is 11. The molecule has 6 aliphatic rings. The molecule has 1 aliphatic carbocycles. The van der Waals surface area contributed by atoms with Crippen LogP contribution in [0.3, 0.4) is 0 Å². The molecular weight excluding hydrogens is 837 g/mol. The zero-order chi connectivity index (χ0) is 45.3. The largest absolute Gasteiger partial charge is 0.384 e. The van der Waals surface area contributed by atoms with Gasteiger partial charge in [-0.05, 0) is 98.2 Å². The number of imide groups is 1. The average molecular weight is 893 g/mol. The highest BCUT2D eigenvalue weighted by Crippen LogP contribution is 2.39. The van der Waals surface area contributed by atoms with Gasteiger partial charge in [-0.25, -0.2) is 19.3 Å². The number of hydrogen-bond donors (Lipinski definition) is 3. The molecule has 0 spiro atoms. The van der Waals surface area contributed by atoms with E-state index in [1.807, 2.05) is 43.3 Å². The molecule has 5 aliphatic heterocycles. The zero-order valence-corrected chi connectivity index (χ0v) is 37.4. The molecule has 4 fully saturated rings. The molecule has 8 heterocycles. The van der Waals surface area contributed by atoms with Gasteiger partial charge in [0.1, 0.15) is 17.0 Å². The van der Waals surface area contributed by atoms with Gasteiger partial charge in [0.2, 0.25) is 17.8 Å². The van der Waals surface area contributed by atoms with Crippen molar-refractivity contribution in [2.45, 2.75) is 88.7 Å². The summed E-state index contributed by atoms with van der Waals surface area (Å²) in [4.78, 5) is 76.9. The third-order valence-electron chi connectivity index (χ3n) is 15.1. The molecule has 0 radical (unpaired) electrons. The smallest absolute Gasteiger partial charge is 0.278 e. The number of hydrogen-bond acceptors (Lipinski definition) is 13. The normalized spacial score (nSPS) is 23.0. The van der Waals surface area contributed by atoms with Gasteiger partial charge < -0.3 is 25.1 Å². The Morgan fingerprint density at radius 2 is 1.61 bits per heavy atom. The van der Waals surface area contributed by atoms with Crippen LogP contribution < -0.4 is 26.0 Å². The summed E-state index contributed by atoms with van der Waals surface area (Å²) in [6.07, 6.45) is 8.13. The molecule has 17 heteroatoms. The highest BCUT2D eigenvalue weighted by molar-refractivity contribution is 6.05. The number of carbonyl (C=O) groups is 3. The zero-order valence-electron chi connectivity index (χ0n) is 37.4. The molecule has 66 heavy (non-hydrogen) atoms. The molecule has 2 atom stereocenters. The summed E-state index contributed by atoms with van der Waals surface area (Å²) in [5, 5.41) is 17.4. The van der Waals surface area contributed by atoms with Crippen molar-refractivity contribution in [3.05, 3.63) is 106 Å². The number of aryl methyl sites for hydroxylation is 1. The summed E-state index contributed by atoms with van der Waals surface area (Å²) < 4.78 is 3.26. The number of piperidine rings is 2. The molecule has 0 bridgehead atoms. The van der Waals surface area contributed by atoms with E-state index in [1.165, 1.54) is 18.5 Å². The van der Waals surface area contributed by atoms with Crippen molar-refractivity contribution in [2.75, 3.05) is 67.5 Å². The molecule has 5 aromatic rings. The van der Waals surface area contributed by atoms with Crippen molar-refractivity contribution in [3.8, 4) is 5.82 Å². The number of carbonyl (C=O) groups excluding carboxylic acids is 3. The Kier molecular flexibility index (Phi) is 10.7. The minimum atomic E-state index is -0.993. The summed E-state index contributed by atoms with van der Waals surface area (Å²) in [5.41, 5.74) is 5.61. The van der Waals surface area contributed by atoms with Crippen LogP contribution in [-0.4, -0.2) is 132 Å². The Hall–Kier alpha value is -6.43. The number of nitrogens with one attached hydrogen (secondary N) is 2. The van der Waals surface area contributed by atoms with E-state index in [-0.39, 0.29) is 36.2 Å². The quantitative estimate of drug-likeness (QED) is 0.130. The van der Waals surface area contributed by atoms with Gasteiger partial charge in [0.05, 0.1) is 12.2 Å². The van der Waals surface area contributed by atoms with Crippen LogP contribution in [0.4, 0.5) is 23.0 Å². The standard InChI is InChI=1S/C49H56N12O5/c1-3-19-60-47(65)39-27-50-48(54-44(39)61(60)41-13-5-31-15-18-49(66,4-2)43(31)52-41)51-33-6-8-34(9-7-33)56-22-24-57(25-23-56)35-16-20-55(21-17-35)37-29-58(30-37)36-10-11-38-32(26-36)28-59(46(38)64)40-12-14-42(62)53-45(40)63/h3,5-11,13,26-27,35,37,40,66H,1,4,12,14-25,28-30H2,2H3,(H,50,51,54)(H,53,62,63)/t40?,49-/m0/s1. The predicted molar refractivity (Wildman–Crippen MR) is 250 cm³/mol. The monoisotopic (exact) mass is 892 g/mol. The molecule has 342 valence electrons. The van der Waals surface area contributed by atoms with E-state index in [9.17, 15) is 24.3 Å². The lowest BCUT2D eigenvalue weighted by Gasteiger charge is -2.50. The predicted octanol–water partition coefficient (Wildman–Crippen LogP) is 3.69. The fourth-order valence-corrected chi connectivity index (χ4v) is 11.1. The number of anilines is 4. The molecule has 0 saturated carbocycles. The lowest BCUT2D eigenvalue weighted by molar-refractivity contribution is -0.136. The van der Waals surface area contributed by atoms with Crippen LogP contribution >= 0.6 is 0 Å². The van der Waals surface area contributed by atoms with Gasteiger partial charge in [-0.2, -0.15) is 4.98 Å². The number of piperazine rings is 1. The first-order valence-electron chi connectivity index (χ1n) is 23.5. The van der Waals surface area contributed by atoms with Crippen molar-refractivity contribution in [1.29, 1.82) is 0 Å². The number of aliphatic hydroxyl groups is 1. The topological polar surface area (TPSA) is 177 Å². The van der Waals surface area contributed by atoms with Crippen LogP contribution in [0.2, 0.25) is 0 Å². The minimum absolute atomic E-state index is 0.133. The summed E-state index contributed by atoms with van der Waals surface area (Å²) in [6.45, 7) is 14.6. The first-order valence-corrected chi connectivity index (χ1v) is 23.5. The molecule has 3 aromatic heterocycles. The molecule has 3 N–H and O–H groups in total. The first-order chi connectivity index (χ1) is 32.1. The van der Waals surface area contributed by atoms with Crippen LogP contribution in [0.1, 0.15) is 72.6 Å². The molecule has 1 unspecified atom stereocenters. The molecule has 2 aromatic carbocycles. The molecule has 17 nitrogen and oxygen atoms in total. The van der Waals surface area contributed by atoms with Crippen molar-refractivity contribution in [1.82, 2.24) is 44.3 Å². The molecule has 4 saturated heterocycles. The van der Waals surface area contributed by atoms with Gasteiger partial charge >= 0.3 is 0 Å². The van der Waals surface area contributed by atoms with Crippen molar-refractivity contribution < 1.29 is 19.5 Å². The maximum atomic E-state index is 13.6. The van der Waals surface area contributed by atoms with Crippen LogP contribution in [0.25, 0.3) is 16.9 Å². The minimum Gasteiger partial charge on any atom is -0.384 e. The average Bonchev–Trinajstić information content (AvgIpc) is 3.93. The van der Waals surface area contributed by atoms with Crippen LogP contribution in [0, 0.1) is 0 Å². The van der Waals surface area contributed by atoms with E-state index in [1.54, 1.807) is 26.5 Å². The van der Waals surface area contributed by atoms with Gasteiger partial charge in [0.25, 0.3) is 11.5 Å². The third-order valence-corrected chi connectivity index (χ3v) is 15.1. The summed E-state index contributed by atoms with van der Waals surface area (Å²) in [5.74, 6) is 0.0811. The van der Waals surface area contributed by atoms with Gasteiger partial charge in [-0.15, -0.1) is 6.58 Å². The Morgan fingerprint density at radius 1 is 0.848 bits per heavy atom. The number of benzene rings is 2. The summed E-state index contributed by atoms with van der Waals surface area (Å²) in [7, 11) is 0. The SMILES string of the molecule is C=CCn1c(=O)c2cnc(Nc3ccc(N4CCN(C5CCN(C6CN(c7ccc8c(c7)CN(C7CCC(=O)NC7=O)C8=O)C6)CC5)CC4)cc3)nc2n1-c1ccc2c(n1)[C@](O)(CC)CC2. The molecule has 11 rings (SSSR count). The van der Waals surface area contributed by atoms with E-state index in [4.69, 9.17) is 9.97 Å². The second-order valence-electron chi connectivity index (χ2n) is 18.7. The Morgan fingerprint density at radius 3 is 2.35 bits per heavy atom. The van der Waals surface area contributed by atoms with Gasteiger partial charge in [-0.1, -0.05) is 19.1 Å². The van der Waals surface area contributed by atoms with E-state index < -0.39 is 11.6 Å². The number of likely N-dealkylation sites (tertiary alicyclic amines) is 1. The van der Waals surface area contributed by atoms with Gasteiger partial charge in [0.15, 0.2) is 11.5 Å². The number of fused-ring (bicyclic) bond motifs is 3. The van der Waals surface area contributed by atoms with Gasteiger partial charge in [0, 0.05) is 106 Å². The second kappa shape index (κ2) is 16.8. The number of aromatic nitrogens is 5. The summed E-state index contributed by atoms with van der Waals surface area (Å²) >= 11 is 0. The highest BCUT2D eigenvalue weighted by Gasteiger charge is 2.41. The lowest BCUT2D eigenvalue weighted by Crippen LogP contribution is -2.62. The number of amides is 3. The molecular formula is C49H56N12O5. The van der Waals surface area contributed by atoms with Gasteiger partial charge in [-0.3, -0.25) is 34.3 Å². The fourth-order valence-electron chi connectivity index (χ4n) is 11.1. The molecule has 3 amide bonds. The van der Waals surface area contributed by atoms with Crippen LogP contribution in [0.15, 0.2) is 78.2 Å². The third kappa shape index (κ3) is 7.42. The van der Waals surface area contributed by atoms with E-state index in [0.29, 0.717) is 71.9 Å². The van der Waals surface area contributed by atoms with Crippen LogP contribution in [-0.2, 0) is 34.7 Å². The Balaban J connectivity index is 0.668. The second-order valence-corrected chi connectivity index (χ2v) is 18.7. The summed E-state index contributed by atoms with van der Waals surface area (Å²) in [6, 6.07) is 18.8. The highest BCUT2D eigenvalue weighted by atomic mass is 16.3. The lowest BCUT2D eigenvalue weighted by atomic mass is 9.97. The number of nitrogens with zero attached hydrogens (tertiary/aromatic N) is 10. The fraction of sp³-hybridized carbons (Fsp3) is 0.449. The Bertz CT molecular complexity index is 2800. The van der Waals surface area contributed by atoms with E-state index in [2.05, 4.69) is 60.0 Å².